The molecular weight excluding hydrogens is 362 g/mol. The molecule has 2 aromatic carbocycles. The number of hydrogen-bond donors (Lipinski definition) is 0. The fourth-order valence-corrected chi connectivity index (χ4v) is 3.63. The summed E-state index contributed by atoms with van der Waals surface area (Å²) in [7, 11) is 1.68. The molecule has 5 nitrogen and oxygen atoms in total. The van der Waals surface area contributed by atoms with Crippen molar-refractivity contribution >= 4 is 11.4 Å². The Balaban J connectivity index is 1.29. The quantitative estimate of drug-likeness (QED) is 0.607. The van der Waals surface area contributed by atoms with E-state index in [0.29, 0.717) is 13.2 Å². The first-order valence-electron chi connectivity index (χ1n) is 10.0. The second-order valence-electron chi connectivity index (χ2n) is 7.19. The van der Waals surface area contributed by atoms with Crippen LogP contribution in [0.15, 0.2) is 73.1 Å². The van der Waals surface area contributed by atoms with E-state index in [1.807, 2.05) is 36.7 Å². The van der Waals surface area contributed by atoms with Crippen molar-refractivity contribution in [1.82, 2.24) is 4.98 Å². The summed E-state index contributed by atoms with van der Waals surface area (Å²) < 4.78 is 11.1. The lowest BCUT2D eigenvalue weighted by Gasteiger charge is -2.37. The predicted molar refractivity (Wildman–Crippen MR) is 117 cm³/mol. The van der Waals surface area contributed by atoms with E-state index in [1.165, 1.54) is 16.9 Å². The number of methoxy groups -OCH3 is 1. The van der Waals surface area contributed by atoms with Gasteiger partial charge in [0.1, 0.15) is 5.75 Å². The Morgan fingerprint density at radius 1 is 0.759 bits per heavy atom. The van der Waals surface area contributed by atoms with Gasteiger partial charge in [0, 0.05) is 49.9 Å². The molecule has 4 rings (SSSR count). The number of pyridine rings is 1. The van der Waals surface area contributed by atoms with Gasteiger partial charge in [-0.05, 0) is 47.5 Å². The third-order valence-electron chi connectivity index (χ3n) is 5.28. The van der Waals surface area contributed by atoms with Crippen LogP contribution in [-0.4, -0.2) is 38.3 Å². The van der Waals surface area contributed by atoms with E-state index < -0.39 is 0 Å². The standard InChI is InChI=1S/C24H27N3O2/c1-28-24-7-5-20(6-8-24)18-29-19-21-3-2-4-23(17-21)27-15-13-26(14-16-27)22-9-11-25-12-10-22/h2-12,17H,13-16,18-19H2,1H3. The van der Waals surface area contributed by atoms with Crippen molar-refractivity contribution in [3.8, 4) is 5.75 Å². The Bertz CT molecular complexity index is 892. The van der Waals surface area contributed by atoms with E-state index in [1.54, 1.807) is 7.11 Å². The van der Waals surface area contributed by atoms with E-state index in [2.05, 4.69) is 51.2 Å². The van der Waals surface area contributed by atoms with Crippen LogP contribution in [0.25, 0.3) is 0 Å². The van der Waals surface area contributed by atoms with E-state index >= 15 is 0 Å². The van der Waals surface area contributed by atoms with Crippen LogP contribution < -0.4 is 14.5 Å². The molecule has 0 saturated carbocycles. The molecule has 0 radical (unpaired) electrons. The zero-order valence-corrected chi connectivity index (χ0v) is 16.8. The van der Waals surface area contributed by atoms with Crippen LogP contribution in [0.2, 0.25) is 0 Å². The highest BCUT2D eigenvalue weighted by atomic mass is 16.5. The summed E-state index contributed by atoms with van der Waals surface area (Å²) in [6.45, 7) is 5.26. The molecule has 1 aliphatic rings. The average Bonchev–Trinajstić information content (AvgIpc) is 2.80. The first-order valence-corrected chi connectivity index (χ1v) is 10.0. The minimum absolute atomic E-state index is 0.596. The van der Waals surface area contributed by atoms with Crippen molar-refractivity contribution in [3.05, 3.63) is 84.2 Å². The number of benzene rings is 2. The summed E-state index contributed by atoms with van der Waals surface area (Å²) in [5, 5.41) is 0. The highest BCUT2D eigenvalue weighted by Crippen LogP contribution is 2.21. The number of rotatable bonds is 7. The largest absolute Gasteiger partial charge is 0.497 e. The minimum atomic E-state index is 0.596. The molecule has 29 heavy (non-hydrogen) atoms. The topological polar surface area (TPSA) is 37.8 Å². The first-order chi connectivity index (χ1) is 14.3. The summed E-state index contributed by atoms with van der Waals surface area (Å²) in [6.07, 6.45) is 3.72. The van der Waals surface area contributed by atoms with Gasteiger partial charge < -0.3 is 19.3 Å². The molecule has 0 aliphatic carbocycles. The van der Waals surface area contributed by atoms with Gasteiger partial charge in [-0.2, -0.15) is 0 Å². The third kappa shape index (κ3) is 5.06. The van der Waals surface area contributed by atoms with Crippen LogP contribution in [0.4, 0.5) is 11.4 Å². The summed E-state index contributed by atoms with van der Waals surface area (Å²) in [5.41, 5.74) is 4.87. The van der Waals surface area contributed by atoms with Gasteiger partial charge in [0.05, 0.1) is 20.3 Å². The van der Waals surface area contributed by atoms with Crippen LogP contribution >= 0.6 is 0 Å². The minimum Gasteiger partial charge on any atom is -0.497 e. The Hall–Kier alpha value is -3.05. The molecule has 0 atom stereocenters. The fourth-order valence-electron chi connectivity index (χ4n) is 3.63. The molecule has 3 aromatic rings. The zero-order valence-electron chi connectivity index (χ0n) is 16.8. The lowest BCUT2D eigenvalue weighted by atomic mass is 10.1. The third-order valence-corrected chi connectivity index (χ3v) is 5.28. The van der Waals surface area contributed by atoms with E-state index in [0.717, 1.165) is 37.5 Å². The van der Waals surface area contributed by atoms with Crippen molar-refractivity contribution in [2.24, 2.45) is 0 Å². The number of ether oxygens (including phenoxy) is 2. The van der Waals surface area contributed by atoms with Crippen molar-refractivity contribution in [2.75, 3.05) is 43.1 Å². The van der Waals surface area contributed by atoms with Crippen molar-refractivity contribution in [2.45, 2.75) is 13.2 Å². The molecule has 0 N–H and O–H groups in total. The molecule has 1 aromatic heterocycles. The highest BCUT2D eigenvalue weighted by molar-refractivity contribution is 5.52. The number of nitrogens with zero attached hydrogens (tertiary/aromatic N) is 3. The summed E-state index contributed by atoms with van der Waals surface area (Å²) in [4.78, 5) is 8.98. The van der Waals surface area contributed by atoms with Crippen LogP contribution in [0.5, 0.6) is 5.75 Å². The Kier molecular flexibility index (Phi) is 6.27. The first kappa shape index (κ1) is 19.3. The van der Waals surface area contributed by atoms with E-state index in [9.17, 15) is 0 Å². The molecule has 5 heteroatoms. The van der Waals surface area contributed by atoms with Crippen molar-refractivity contribution in [1.29, 1.82) is 0 Å². The molecule has 0 spiro atoms. The van der Waals surface area contributed by atoms with Gasteiger partial charge in [0.15, 0.2) is 0 Å². The van der Waals surface area contributed by atoms with Gasteiger partial charge in [0.2, 0.25) is 0 Å². The maximum absolute atomic E-state index is 5.92. The summed E-state index contributed by atoms with van der Waals surface area (Å²) in [6, 6.07) is 20.9. The van der Waals surface area contributed by atoms with Crippen LogP contribution in [-0.2, 0) is 18.0 Å². The van der Waals surface area contributed by atoms with E-state index in [4.69, 9.17) is 9.47 Å². The number of hydrogen-bond acceptors (Lipinski definition) is 5. The molecule has 2 heterocycles. The normalized spacial score (nSPS) is 14.1. The van der Waals surface area contributed by atoms with Crippen LogP contribution in [0.3, 0.4) is 0 Å². The van der Waals surface area contributed by atoms with Gasteiger partial charge in [-0.1, -0.05) is 24.3 Å². The molecule has 1 aliphatic heterocycles. The van der Waals surface area contributed by atoms with Crippen molar-refractivity contribution < 1.29 is 9.47 Å². The van der Waals surface area contributed by atoms with Gasteiger partial charge in [-0.25, -0.2) is 0 Å². The molecule has 1 saturated heterocycles. The maximum Gasteiger partial charge on any atom is 0.118 e. The fraction of sp³-hybridized carbons (Fsp3) is 0.292. The maximum atomic E-state index is 5.92. The van der Waals surface area contributed by atoms with E-state index in [-0.39, 0.29) is 0 Å². The molecular formula is C24H27N3O2. The Morgan fingerprint density at radius 2 is 1.41 bits per heavy atom. The van der Waals surface area contributed by atoms with Gasteiger partial charge in [-0.3, -0.25) is 4.98 Å². The molecule has 0 bridgehead atoms. The summed E-state index contributed by atoms with van der Waals surface area (Å²) >= 11 is 0. The summed E-state index contributed by atoms with van der Waals surface area (Å²) in [5.74, 6) is 0.866. The predicted octanol–water partition coefficient (Wildman–Crippen LogP) is 4.13. The average molecular weight is 389 g/mol. The van der Waals surface area contributed by atoms with Crippen LogP contribution in [0.1, 0.15) is 11.1 Å². The Morgan fingerprint density at radius 3 is 2.10 bits per heavy atom. The molecule has 150 valence electrons. The van der Waals surface area contributed by atoms with Gasteiger partial charge in [0.25, 0.3) is 0 Å². The lowest BCUT2D eigenvalue weighted by Crippen LogP contribution is -2.46. The van der Waals surface area contributed by atoms with Crippen LogP contribution in [0, 0.1) is 0 Å². The van der Waals surface area contributed by atoms with Gasteiger partial charge in [-0.15, -0.1) is 0 Å². The molecule has 0 unspecified atom stereocenters. The van der Waals surface area contributed by atoms with Gasteiger partial charge >= 0.3 is 0 Å². The Labute approximate surface area is 172 Å². The SMILES string of the molecule is COc1ccc(COCc2cccc(N3CCN(c4ccncc4)CC3)c2)cc1. The van der Waals surface area contributed by atoms with Crippen molar-refractivity contribution in [3.63, 3.8) is 0 Å². The second-order valence-corrected chi connectivity index (χ2v) is 7.19. The molecule has 0 amide bonds. The number of piperazine rings is 1. The second kappa shape index (κ2) is 9.43. The lowest BCUT2D eigenvalue weighted by molar-refractivity contribution is 0.107. The number of aromatic nitrogens is 1. The monoisotopic (exact) mass is 389 g/mol. The molecule has 1 fully saturated rings. The highest BCUT2D eigenvalue weighted by Gasteiger charge is 2.17. The number of anilines is 2. The smallest absolute Gasteiger partial charge is 0.118 e. The zero-order chi connectivity index (χ0) is 19.9.